The van der Waals surface area contributed by atoms with Crippen LogP contribution in [0.25, 0.3) is 0 Å². The maximum atomic E-state index is 4.48. The van der Waals surface area contributed by atoms with Gasteiger partial charge in [0.05, 0.1) is 17.4 Å². The van der Waals surface area contributed by atoms with Crippen molar-refractivity contribution >= 4 is 15.9 Å². The summed E-state index contributed by atoms with van der Waals surface area (Å²) in [7, 11) is 1.89. The molecule has 0 aliphatic carbocycles. The van der Waals surface area contributed by atoms with Gasteiger partial charge in [-0.2, -0.15) is 0 Å². The topological polar surface area (TPSA) is 55.6 Å². The van der Waals surface area contributed by atoms with Crippen molar-refractivity contribution in [3.63, 3.8) is 0 Å². The molecule has 0 aliphatic rings. The molecule has 0 saturated carbocycles. The average Bonchev–Trinajstić information content (AvgIpc) is 2.71. The number of aromatic nitrogens is 4. The molecule has 19 heavy (non-hydrogen) atoms. The molecule has 1 unspecified atom stereocenters. The van der Waals surface area contributed by atoms with Crippen molar-refractivity contribution in [2.45, 2.75) is 26.3 Å². The van der Waals surface area contributed by atoms with Crippen LogP contribution in [0, 0.1) is 6.92 Å². The monoisotopic (exact) mass is 323 g/mol. The zero-order valence-electron chi connectivity index (χ0n) is 11.4. The lowest BCUT2D eigenvalue weighted by molar-refractivity contribution is 0.540. The van der Waals surface area contributed by atoms with Gasteiger partial charge in [0.1, 0.15) is 0 Å². The Balaban J connectivity index is 2.41. The fourth-order valence-corrected chi connectivity index (χ4v) is 2.55. The minimum absolute atomic E-state index is 0.00535. The second-order valence-corrected chi connectivity index (χ2v) is 5.29. The molecular weight excluding hydrogens is 306 g/mol. The van der Waals surface area contributed by atoms with Crippen molar-refractivity contribution < 1.29 is 0 Å². The second kappa shape index (κ2) is 6.25. The van der Waals surface area contributed by atoms with Crippen molar-refractivity contribution in [2.24, 2.45) is 7.05 Å². The van der Waals surface area contributed by atoms with E-state index in [-0.39, 0.29) is 6.04 Å². The van der Waals surface area contributed by atoms with E-state index in [0.29, 0.717) is 0 Å². The number of nitrogens with zero attached hydrogens (tertiary/aromatic N) is 4. The summed E-state index contributed by atoms with van der Waals surface area (Å²) in [5.41, 5.74) is 3.17. The highest BCUT2D eigenvalue weighted by Crippen LogP contribution is 2.25. The minimum Gasteiger partial charge on any atom is -0.304 e. The first kappa shape index (κ1) is 14.1. The van der Waals surface area contributed by atoms with Crippen LogP contribution < -0.4 is 5.32 Å². The average molecular weight is 324 g/mol. The molecule has 2 rings (SSSR count). The van der Waals surface area contributed by atoms with E-state index >= 15 is 0 Å². The number of hydrogen-bond donors (Lipinski definition) is 1. The molecule has 2 heterocycles. The third-order valence-electron chi connectivity index (χ3n) is 2.93. The molecule has 102 valence electrons. The Kier molecular flexibility index (Phi) is 4.66. The molecule has 0 aromatic carbocycles. The summed E-state index contributed by atoms with van der Waals surface area (Å²) in [6.45, 7) is 5.13. The molecule has 5 nitrogen and oxygen atoms in total. The summed E-state index contributed by atoms with van der Waals surface area (Å²) >= 11 is 3.46. The number of aryl methyl sites for hydroxylation is 2. The lowest BCUT2D eigenvalue weighted by atomic mass is 10.1. The smallest absolute Gasteiger partial charge is 0.153 e. The Morgan fingerprint density at radius 1 is 1.47 bits per heavy atom. The Hall–Kier alpha value is -1.27. The fraction of sp³-hybridized carbons (Fsp3) is 0.462. The summed E-state index contributed by atoms with van der Waals surface area (Å²) in [5.74, 6) is 0. The molecule has 2 aromatic heterocycles. The van der Waals surface area contributed by atoms with Gasteiger partial charge in [0.15, 0.2) is 4.60 Å². The first-order chi connectivity index (χ1) is 9.13. The van der Waals surface area contributed by atoms with Crippen LogP contribution in [0.15, 0.2) is 22.9 Å². The van der Waals surface area contributed by atoms with Crippen LogP contribution in [0.2, 0.25) is 0 Å². The molecule has 0 spiro atoms. The predicted molar refractivity (Wildman–Crippen MR) is 77.8 cm³/mol. The minimum atomic E-state index is -0.00535. The molecule has 6 heteroatoms. The van der Waals surface area contributed by atoms with E-state index in [2.05, 4.69) is 56.5 Å². The zero-order chi connectivity index (χ0) is 13.8. The van der Waals surface area contributed by atoms with Crippen LogP contribution in [0.4, 0.5) is 0 Å². The molecule has 0 saturated heterocycles. The van der Waals surface area contributed by atoms with E-state index in [1.165, 1.54) is 5.56 Å². The largest absolute Gasteiger partial charge is 0.304 e. The molecule has 1 atom stereocenters. The Bertz CT molecular complexity index is 532. The lowest BCUT2D eigenvalue weighted by Gasteiger charge is -2.18. The fourth-order valence-electron chi connectivity index (χ4n) is 1.99. The van der Waals surface area contributed by atoms with E-state index < -0.39 is 0 Å². The van der Waals surface area contributed by atoms with Crippen LogP contribution in [0.1, 0.15) is 36.3 Å². The van der Waals surface area contributed by atoms with E-state index in [9.17, 15) is 0 Å². The second-order valence-electron chi connectivity index (χ2n) is 4.53. The lowest BCUT2D eigenvalue weighted by Crippen LogP contribution is -2.26. The number of halogens is 1. The highest BCUT2D eigenvalue weighted by molar-refractivity contribution is 9.10. The van der Waals surface area contributed by atoms with Crippen LogP contribution in [-0.2, 0) is 7.05 Å². The van der Waals surface area contributed by atoms with Gasteiger partial charge in [-0.3, -0.25) is 4.98 Å². The van der Waals surface area contributed by atoms with E-state index in [4.69, 9.17) is 0 Å². The van der Waals surface area contributed by atoms with Crippen LogP contribution >= 0.6 is 15.9 Å². The van der Waals surface area contributed by atoms with Crippen LogP contribution in [0.3, 0.4) is 0 Å². The number of pyridine rings is 1. The van der Waals surface area contributed by atoms with Crippen molar-refractivity contribution in [2.75, 3.05) is 6.54 Å². The standard InChI is InChI=1S/C13H18BrN5/c1-4-6-16-11(10-8-9(2)5-7-15-10)12-13(14)17-18-19(12)3/h5,7-8,11,16H,4,6H2,1-3H3. The summed E-state index contributed by atoms with van der Waals surface area (Å²) in [5, 5.41) is 11.6. The predicted octanol–water partition coefficient (Wildman–Crippen LogP) is 2.37. The third kappa shape index (κ3) is 3.19. The van der Waals surface area contributed by atoms with Crippen molar-refractivity contribution in [1.82, 2.24) is 25.3 Å². The maximum absolute atomic E-state index is 4.48. The molecule has 2 aromatic rings. The van der Waals surface area contributed by atoms with Gasteiger partial charge >= 0.3 is 0 Å². The van der Waals surface area contributed by atoms with Crippen LogP contribution in [0.5, 0.6) is 0 Å². The highest BCUT2D eigenvalue weighted by Gasteiger charge is 2.22. The molecule has 0 fully saturated rings. The molecule has 0 amide bonds. The zero-order valence-corrected chi connectivity index (χ0v) is 13.0. The highest BCUT2D eigenvalue weighted by atomic mass is 79.9. The van der Waals surface area contributed by atoms with Gasteiger partial charge in [0.2, 0.25) is 0 Å². The summed E-state index contributed by atoms with van der Waals surface area (Å²) in [6, 6.07) is 4.08. The van der Waals surface area contributed by atoms with Gasteiger partial charge in [-0.05, 0) is 53.5 Å². The summed E-state index contributed by atoms with van der Waals surface area (Å²) in [6.07, 6.45) is 2.90. The molecule has 0 bridgehead atoms. The molecule has 0 aliphatic heterocycles. The van der Waals surface area contributed by atoms with Crippen LogP contribution in [-0.4, -0.2) is 26.5 Å². The number of hydrogen-bond acceptors (Lipinski definition) is 4. The normalized spacial score (nSPS) is 12.6. The van der Waals surface area contributed by atoms with E-state index in [1.54, 1.807) is 4.68 Å². The first-order valence-electron chi connectivity index (χ1n) is 6.34. The Labute approximate surface area is 121 Å². The van der Waals surface area contributed by atoms with Gasteiger partial charge < -0.3 is 5.32 Å². The van der Waals surface area contributed by atoms with E-state index in [1.807, 2.05) is 19.3 Å². The van der Waals surface area contributed by atoms with Crippen molar-refractivity contribution in [3.8, 4) is 0 Å². The number of rotatable bonds is 5. The third-order valence-corrected chi connectivity index (χ3v) is 3.50. The van der Waals surface area contributed by atoms with Gasteiger partial charge in [0, 0.05) is 13.2 Å². The van der Waals surface area contributed by atoms with Gasteiger partial charge in [-0.15, -0.1) is 5.10 Å². The molecule has 0 radical (unpaired) electrons. The van der Waals surface area contributed by atoms with Gasteiger partial charge in [-0.1, -0.05) is 12.1 Å². The maximum Gasteiger partial charge on any atom is 0.153 e. The van der Waals surface area contributed by atoms with Gasteiger partial charge in [-0.25, -0.2) is 4.68 Å². The van der Waals surface area contributed by atoms with Gasteiger partial charge in [0.25, 0.3) is 0 Å². The summed E-state index contributed by atoms with van der Waals surface area (Å²) in [4.78, 5) is 4.48. The number of nitrogens with one attached hydrogen (secondary N) is 1. The van der Waals surface area contributed by atoms with E-state index in [0.717, 1.165) is 29.0 Å². The first-order valence-corrected chi connectivity index (χ1v) is 7.13. The molecule has 1 N–H and O–H groups in total. The Morgan fingerprint density at radius 2 is 2.26 bits per heavy atom. The summed E-state index contributed by atoms with van der Waals surface area (Å²) < 4.78 is 2.54. The molecular formula is C13H18BrN5. The van der Waals surface area contributed by atoms with Crippen molar-refractivity contribution in [1.29, 1.82) is 0 Å². The Morgan fingerprint density at radius 3 is 2.84 bits per heavy atom. The quantitative estimate of drug-likeness (QED) is 0.917. The SMILES string of the molecule is CCCNC(c1cc(C)ccn1)c1c(Br)nnn1C. The van der Waals surface area contributed by atoms with Crippen molar-refractivity contribution in [3.05, 3.63) is 39.9 Å².